The van der Waals surface area contributed by atoms with Crippen molar-refractivity contribution in [3.63, 3.8) is 0 Å². The highest BCUT2D eigenvalue weighted by Crippen LogP contribution is 2.33. The average Bonchev–Trinajstić information content (AvgIpc) is 2.94. The van der Waals surface area contributed by atoms with Crippen LogP contribution in [0.25, 0.3) is 17.0 Å². The molecule has 3 rings (SSSR count). The van der Waals surface area contributed by atoms with Crippen molar-refractivity contribution in [2.24, 2.45) is 0 Å². The Morgan fingerprint density at radius 3 is 2.54 bits per heavy atom. The highest BCUT2D eigenvalue weighted by Gasteiger charge is 2.21. The summed E-state index contributed by atoms with van der Waals surface area (Å²) >= 11 is 0. The van der Waals surface area contributed by atoms with Crippen molar-refractivity contribution in [1.29, 1.82) is 0 Å². The lowest BCUT2D eigenvalue weighted by atomic mass is 9.98. The Morgan fingerprint density at radius 1 is 1.15 bits per heavy atom. The maximum absolute atomic E-state index is 12.9. The fourth-order valence-corrected chi connectivity index (χ4v) is 3.07. The number of aliphatic carboxylic acids is 1. The first-order valence-corrected chi connectivity index (χ1v) is 8.18. The molecule has 0 amide bonds. The van der Waals surface area contributed by atoms with Gasteiger partial charge >= 0.3 is 5.97 Å². The largest absolute Gasteiger partial charge is 0.496 e. The highest BCUT2D eigenvalue weighted by molar-refractivity contribution is 6.17. The van der Waals surface area contributed by atoms with E-state index in [1.54, 1.807) is 25.1 Å². The molecule has 26 heavy (non-hydrogen) atoms. The van der Waals surface area contributed by atoms with Crippen LogP contribution in [0.2, 0.25) is 0 Å². The van der Waals surface area contributed by atoms with Crippen LogP contribution in [0.3, 0.4) is 0 Å². The van der Waals surface area contributed by atoms with Crippen molar-refractivity contribution in [2.45, 2.75) is 13.3 Å². The molecule has 0 aliphatic rings. The predicted molar refractivity (Wildman–Crippen MR) is 101 cm³/mol. The molecule has 0 aliphatic carbocycles. The van der Waals surface area contributed by atoms with Crippen molar-refractivity contribution in [1.82, 2.24) is 4.98 Å². The van der Waals surface area contributed by atoms with Gasteiger partial charge in [0.15, 0.2) is 5.78 Å². The number of allylic oxidation sites excluding steroid dienone is 1. The molecule has 5 heteroatoms. The van der Waals surface area contributed by atoms with Gasteiger partial charge in [-0.1, -0.05) is 36.4 Å². The third-order valence-corrected chi connectivity index (χ3v) is 4.26. The zero-order valence-electron chi connectivity index (χ0n) is 14.6. The van der Waals surface area contributed by atoms with Gasteiger partial charge in [-0.05, 0) is 36.3 Å². The Labute approximate surface area is 150 Å². The third-order valence-electron chi connectivity index (χ3n) is 4.26. The Hall–Kier alpha value is -3.34. The van der Waals surface area contributed by atoms with E-state index < -0.39 is 5.97 Å². The van der Waals surface area contributed by atoms with Crippen LogP contribution in [-0.4, -0.2) is 29.0 Å². The number of methoxy groups -OCH3 is 1. The van der Waals surface area contributed by atoms with Gasteiger partial charge in [-0.15, -0.1) is 0 Å². The topological polar surface area (TPSA) is 79.4 Å². The van der Waals surface area contributed by atoms with Crippen LogP contribution < -0.4 is 4.74 Å². The molecule has 2 N–H and O–H groups in total. The number of hydrogen-bond acceptors (Lipinski definition) is 3. The van der Waals surface area contributed by atoms with E-state index in [1.807, 2.05) is 30.3 Å². The molecule has 5 nitrogen and oxygen atoms in total. The molecule has 0 atom stereocenters. The van der Waals surface area contributed by atoms with Gasteiger partial charge in [-0.2, -0.15) is 0 Å². The van der Waals surface area contributed by atoms with E-state index in [9.17, 15) is 14.7 Å². The number of aromatic amines is 1. The number of hydrogen-bond donors (Lipinski definition) is 2. The van der Waals surface area contributed by atoms with Gasteiger partial charge in [0.05, 0.1) is 19.1 Å². The quantitative estimate of drug-likeness (QED) is 0.520. The number of ketones is 1. The van der Waals surface area contributed by atoms with E-state index in [4.69, 9.17) is 4.74 Å². The van der Waals surface area contributed by atoms with Crippen molar-refractivity contribution >= 4 is 28.7 Å². The number of rotatable bonds is 6. The molecule has 2 aromatic carbocycles. The van der Waals surface area contributed by atoms with Crippen molar-refractivity contribution < 1.29 is 19.4 Å². The number of carboxylic acids is 1. The van der Waals surface area contributed by atoms with Crippen molar-refractivity contribution in [2.75, 3.05) is 7.11 Å². The number of aromatic nitrogens is 1. The first-order chi connectivity index (χ1) is 12.5. The fourth-order valence-electron chi connectivity index (χ4n) is 3.07. The third kappa shape index (κ3) is 3.37. The first kappa shape index (κ1) is 17.5. The van der Waals surface area contributed by atoms with Gasteiger partial charge in [0.1, 0.15) is 5.75 Å². The normalized spacial score (nSPS) is 11.2. The zero-order chi connectivity index (χ0) is 18.7. The number of benzene rings is 2. The molecule has 0 saturated heterocycles. The van der Waals surface area contributed by atoms with Gasteiger partial charge in [-0.3, -0.25) is 9.59 Å². The maximum Gasteiger partial charge on any atom is 0.307 e. The van der Waals surface area contributed by atoms with Crippen LogP contribution in [0.5, 0.6) is 5.75 Å². The van der Waals surface area contributed by atoms with Crippen molar-refractivity contribution in [3.05, 3.63) is 70.9 Å². The molecule has 0 fully saturated rings. The molecule has 1 aromatic heterocycles. The second kappa shape index (κ2) is 7.27. The number of carbonyl (C=O) groups excluding carboxylic acids is 1. The van der Waals surface area contributed by atoms with E-state index in [1.165, 1.54) is 13.2 Å². The number of carboxylic acid groups (broad SMARTS) is 1. The Bertz CT molecular complexity index is 1000. The lowest BCUT2D eigenvalue weighted by Crippen LogP contribution is -2.04. The minimum atomic E-state index is -0.949. The SMILES string of the molecule is COc1ccc2[nH]c(C)c(CC(=O)O)c2c1C(=O)C=Cc1ccccc1. The van der Waals surface area contributed by atoms with Gasteiger partial charge in [0, 0.05) is 16.6 Å². The van der Waals surface area contributed by atoms with E-state index in [-0.39, 0.29) is 12.2 Å². The summed E-state index contributed by atoms with van der Waals surface area (Å²) in [6.45, 7) is 1.80. The summed E-state index contributed by atoms with van der Waals surface area (Å²) in [5.74, 6) is -0.761. The molecule has 0 aliphatic heterocycles. The average molecular weight is 349 g/mol. The maximum atomic E-state index is 12.9. The molecule has 132 valence electrons. The second-order valence-corrected chi connectivity index (χ2v) is 5.97. The van der Waals surface area contributed by atoms with Gasteiger partial charge in [0.2, 0.25) is 0 Å². The number of nitrogens with one attached hydrogen (secondary N) is 1. The van der Waals surface area contributed by atoms with Crippen LogP contribution in [0.1, 0.15) is 27.2 Å². The number of aryl methyl sites for hydroxylation is 1. The van der Waals surface area contributed by atoms with E-state index >= 15 is 0 Å². The molecule has 0 saturated carbocycles. The molecule has 1 heterocycles. The molecule has 0 spiro atoms. The fraction of sp³-hybridized carbons (Fsp3) is 0.143. The molecular weight excluding hydrogens is 330 g/mol. The Balaban J connectivity index is 2.14. The predicted octanol–water partition coefficient (Wildman–Crippen LogP) is 4.01. The van der Waals surface area contributed by atoms with Crippen molar-refractivity contribution in [3.8, 4) is 5.75 Å². The lowest BCUT2D eigenvalue weighted by molar-refractivity contribution is -0.136. The zero-order valence-corrected chi connectivity index (χ0v) is 14.6. The summed E-state index contributed by atoms with van der Waals surface area (Å²) in [6.07, 6.45) is 3.05. The van der Waals surface area contributed by atoms with Crippen LogP contribution in [-0.2, 0) is 11.2 Å². The monoisotopic (exact) mass is 349 g/mol. The summed E-state index contributed by atoms with van der Waals surface area (Å²) in [4.78, 5) is 27.4. The van der Waals surface area contributed by atoms with Gasteiger partial charge in [-0.25, -0.2) is 0 Å². The smallest absolute Gasteiger partial charge is 0.307 e. The summed E-state index contributed by atoms with van der Waals surface area (Å²) < 4.78 is 5.38. The van der Waals surface area contributed by atoms with E-state index in [2.05, 4.69) is 4.98 Å². The van der Waals surface area contributed by atoms with Crippen LogP contribution in [0.4, 0.5) is 0 Å². The summed E-state index contributed by atoms with van der Waals surface area (Å²) in [5, 5.41) is 9.84. The lowest BCUT2D eigenvalue weighted by Gasteiger charge is -2.09. The van der Waals surface area contributed by atoms with Crippen LogP contribution in [0, 0.1) is 6.92 Å². The number of carbonyl (C=O) groups is 2. The van der Waals surface area contributed by atoms with Gasteiger partial charge < -0.3 is 14.8 Å². The summed E-state index contributed by atoms with van der Waals surface area (Å²) in [5.41, 5.74) is 3.33. The molecule has 0 radical (unpaired) electrons. The number of H-pyrrole nitrogens is 1. The standard InChI is InChI=1S/C21H19NO4/c1-13-15(12-19(24)25)20-16(22-13)9-11-18(26-2)21(20)17(23)10-8-14-6-4-3-5-7-14/h3-11,22H,12H2,1-2H3,(H,24,25). The van der Waals surface area contributed by atoms with Crippen LogP contribution in [0.15, 0.2) is 48.5 Å². The molecule has 0 unspecified atom stereocenters. The highest BCUT2D eigenvalue weighted by atomic mass is 16.5. The molecule has 0 bridgehead atoms. The minimum absolute atomic E-state index is 0.165. The number of fused-ring (bicyclic) bond motifs is 1. The Kier molecular flexibility index (Phi) is 4.89. The minimum Gasteiger partial charge on any atom is -0.496 e. The molecule has 3 aromatic rings. The summed E-state index contributed by atoms with van der Waals surface area (Å²) in [6, 6.07) is 13.0. The number of ether oxygens (including phenoxy) is 1. The Morgan fingerprint density at radius 2 is 1.88 bits per heavy atom. The van der Waals surface area contributed by atoms with E-state index in [0.29, 0.717) is 22.3 Å². The molecular formula is C21H19NO4. The first-order valence-electron chi connectivity index (χ1n) is 8.18. The second-order valence-electron chi connectivity index (χ2n) is 5.97. The van der Waals surface area contributed by atoms with Gasteiger partial charge in [0.25, 0.3) is 0 Å². The summed E-state index contributed by atoms with van der Waals surface area (Å²) in [7, 11) is 1.50. The van der Waals surface area contributed by atoms with E-state index in [0.717, 1.165) is 16.8 Å². The van der Waals surface area contributed by atoms with Crippen LogP contribution >= 0.6 is 0 Å².